The normalized spacial score (nSPS) is 26.2. The van der Waals surface area contributed by atoms with Crippen LogP contribution in [0.4, 0.5) is 0 Å². The molecule has 1 aromatic rings. The van der Waals surface area contributed by atoms with E-state index in [1.807, 2.05) is 17.9 Å². The zero-order valence-corrected chi connectivity index (χ0v) is 17.1. The van der Waals surface area contributed by atoms with Crippen molar-refractivity contribution in [2.75, 3.05) is 59.7 Å². The minimum atomic E-state index is 0.433. The van der Waals surface area contributed by atoms with Crippen molar-refractivity contribution in [1.29, 1.82) is 0 Å². The van der Waals surface area contributed by atoms with Crippen LogP contribution in [0, 0.1) is 17.3 Å². The van der Waals surface area contributed by atoms with Crippen LogP contribution in [0.5, 0.6) is 0 Å². The lowest BCUT2D eigenvalue weighted by Crippen LogP contribution is -2.45. The summed E-state index contributed by atoms with van der Waals surface area (Å²) in [5, 5.41) is 4.31. The molecule has 1 atom stereocenters. The molecule has 1 aromatic heterocycles. The van der Waals surface area contributed by atoms with Gasteiger partial charge in [0.15, 0.2) is 0 Å². The van der Waals surface area contributed by atoms with Crippen LogP contribution in [0.25, 0.3) is 0 Å². The molecule has 1 aliphatic carbocycles. The van der Waals surface area contributed by atoms with Crippen molar-refractivity contribution in [2.45, 2.75) is 32.2 Å². The Balaban J connectivity index is 1.32. The molecule has 0 radical (unpaired) electrons. The lowest BCUT2D eigenvalue weighted by molar-refractivity contribution is 0.0166. The van der Waals surface area contributed by atoms with Gasteiger partial charge in [-0.25, -0.2) is 0 Å². The van der Waals surface area contributed by atoms with Crippen LogP contribution in [0.1, 0.15) is 31.2 Å². The SMILES string of the molecule is COCCN1C[C@@H](COCC2CC2)C2(CCN(Cc3cnn(C)c3)CC2)C1. The summed E-state index contributed by atoms with van der Waals surface area (Å²) < 4.78 is 13.4. The van der Waals surface area contributed by atoms with E-state index in [4.69, 9.17) is 9.47 Å². The molecular formula is C21H36N4O2. The van der Waals surface area contributed by atoms with Gasteiger partial charge in [0.1, 0.15) is 0 Å². The van der Waals surface area contributed by atoms with E-state index >= 15 is 0 Å². The number of aromatic nitrogens is 2. The molecule has 0 N–H and O–H groups in total. The number of hydrogen-bond acceptors (Lipinski definition) is 5. The first kappa shape index (κ1) is 19.4. The minimum Gasteiger partial charge on any atom is -0.383 e. The topological polar surface area (TPSA) is 42.8 Å². The fraction of sp³-hybridized carbons (Fsp3) is 0.857. The molecule has 2 saturated heterocycles. The Labute approximate surface area is 163 Å². The largest absolute Gasteiger partial charge is 0.383 e. The maximum atomic E-state index is 6.16. The van der Waals surface area contributed by atoms with Crippen LogP contribution < -0.4 is 0 Å². The Morgan fingerprint density at radius 2 is 2.00 bits per heavy atom. The Kier molecular flexibility index (Phi) is 6.17. The molecule has 0 bridgehead atoms. The van der Waals surface area contributed by atoms with Crippen molar-refractivity contribution in [2.24, 2.45) is 24.3 Å². The molecule has 27 heavy (non-hydrogen) atoms. The molecule has 6 nitrogen and oxygen atoms in total. The van der Waals surface area contributed by atoms with Gasteiger partial charge < -0.3 is 14.4 Å². The van der Waals surface area contributed by atoms with Gasteiger partial charge in [-0.15, -0.1) is 0 Å². The number of likely N-dealkylation sites (tertiary alicyclic amines) is 2. The van der Waals surface area contributed by atoms with Crippen molar-refractivity contribution < 1.29 is 9.47 Å². The summed E-state index contributed by atoms with van der Waals surface area (Å²) in [5.74, 6) is 1.53. The highest BCUT2D eigenvalue weighted by Gasteiger charge is 2.47. The van der Waals surface area contributed by atoms with E-state index in [0.717, 1.165) is 38.8 Å². The predicted octanol–water partition coefficient (Wildman–Crippen LogP) is 2.01. The molecule has 0 amide bonds. The second kappa shape index (κ2) is 8.60. The van der Waals surface area contributed by atoms with E-state index in [9.17, 15) is 0 Å². The standard InChI is InChI=1S/C21H36N4O2/c1-23-12-19(11-22-23)13-24-7-5-21(6-8-24)17-25(9-10-26-2)14-20(21)16-27-15-18-3-4-18/h11-12,18,20H,3-10,13-17H2,1-2H3/t20-/m0/s1. The van der Waals surface area contributed by atoms with Crippen LogP contribution in [0.15, 0.2) is 12.4 Å². The molecule has 1 saturated carbocycles. The van der Waals surface area contributed by atoms with E-state index in [0.29, 0.717) is 11.3 Å². The molecular weight excluding hydrogens is 340 g/mol. The lowest BCUT2D eigenvalue weighted by atomic mass is 9.71. The Morgan fingerprint density at radius 3 is 2.67 bits per heavy atom. The first-order valence-electron chi connectivity index (χ1n) is 10.7. The molecule has 0 aromatic carbocycles. The average molecular weight is 377 g/mol. The zero-order chi connectivity index (χ0) is 18.7. The third-order valence-electron chi connectivity index (χ3n) is 6.88. The third-order valence-corrected chi connectivity index (χ3v) is 6.88. The quantitative estimate of drug-likeness (QED) is 0.660. The van der Waals surface area contributed by atoms with Crippen molar-refractivity contribution in [1.82, 2.24) is 19.6 Å². The molecule has 3 heterocycles. The third kappa shape index (κ3) is 4.91. The van der Waals surface area contributed by atoms with E-state index in [1.54, 1.807) is 7.11 Å². The first-order chi connectivity index (χ1) is 13.2. The van der Waals surface area contributed by atoms with Gasteiger partial charge in [-0.2, -0.15) is 5.10 Å². The number of nitrogens with zero attached hydrogens (tertiary/aromatic N) is 4. The summed E-state index contributed by atoms with van der Waals surface area (Å²) in [5.41, 5.74) is 1.76. The number of aryl methyl sites for hydroxylation is 1. The summed E-state index contributed by atoms with van der Waals surface area (Å²) >= 11 is 0. The number of hydrogen-bond donors (Lipinski definition) is 0. The Hall–Kier alpha value is -0.950. The number of ether oxygens (including phenoxy) is 2. The second-order valence-corrected chi connectivity index (χ2v) is 9.07. The Morgan fingerprint density at radius 1 is 1.19 bits per heavy atom. The molecule has 6 heteroatoms. The van der Waals surface area contributed by atoms with E-state index in [1.165, 1.54) is 57.4 Å². The van der Waals surface area contributed by atoms with Gasteiger partial charge in [0.2, 0.25) is 0 Å². The molecule has 2 aliphatic heterocycles. The highest BCUT2D eigenvalue weighted by molar-refractivity contribution is 5.05. The molecule has 152 valence electrons. The van der Waals surface area contributed by atoms with E-state index in [-0.39, 0.29) is 0 Å². The maximum absolute atomic E-state index is 6.16. The van der Waals surface area contributed by atoms with E-state index < -0.39 is 0 Å². The van der Waals surface area contributed by atoms with Crippen LogP contribution in [0.2, 0.25) is 0 Å². The van der Waals surface area contributed by atoms with Gasteiger partial charge in [-0.3, -0.25) is 9.58 Å². The van der Waals surface area contributed by atoms with Crippen molar-refractivity contribution in [3.63, 3.8) is 0 Å². The van der Waals surface area contributed by atoms with Crippen LogP contribution in [-0.2, 0) is 23.1 Å². The van der Waals surface area contributed by atoms with Gasteiger partial charge >= 0.3 is 0 Å². The number of methoxy groups -OCH3 is 1. The van der Waals surface area contributed by atoms with Crippen molar-refractivity contribution in [3.05, 3.63) is 18.0 Å². The fourth-order valence-corrected chi connectivity index (χ4v) is 4.96. The van der Waals surface area contributed by atoms with Gasteiger partial charge in [0.25, 0.3) is 0 Å². The smallest absolute Gasteiger partial charge is 0.0589 e. The summed E-state index contributed by atoms with van der Waals surface area (Å²) in [6.45, 7) is 9.61. The maximum Gasteiger partial charge on any atom is 0.0589 e. The van der Waals surface area contributed by atoms with Crippen molar-refractivity contribution in [3.8, 4) is 0 Å². The lowest BCUT2D eigenvalue weighted by Gasteiger charge is -2.42. The van der Waals surface area contributed by atoms with Gasteiger partial charge in [0, 0.05) is 64.6 Å². The first-order valence-corrected chi connectivity index (χ1v) is 10.7. The molecule has 1 spiro atoms. The molecule has 4 rings (SSSR count). The summed E-state index contributed by atoms with van der Waals surface area (Å²) in [4.78, 5) is 5.22. The van der Waals surface area contributed by atoms with Crippen molar-refractivity contribution >= 4 is 0 Å². The molecule has 3 fully saturated rings. The van der Waals surface area contributed by atoms with E-state index in [2.05, 4.69) is 21.1 Å². The van der Waals surface area contributed by atoms with Gasteiger partial charge in [-0.05, 0) is 50.1 Å². The zero-order valence-electron chi connectivity index (χ0n) is 17.1. The summed E-state index contributed by atoms with van der Waals surface area (Å²) in [6.07, 6.45) is 9.46. The molecule has 0 unspecified atom stereocenters. The number of piperidine rings is 1. The second-order valence-electron chi connectivity index (χ2n) is 9.07. The van der Waals surface area contributed by atoms with Crippen LogP contribution in [0.3, 0.4) is 0 Å². The highest BCUT2D eigenvalue weighted by Crippen LogP contribution is 2.45. The van der Waals surface area contributed by atoms with Gasteiger partial charge in [0.05, 0.1) is 19.4 Å². The number of rotatable bonds is 9. The fourth-order valence-electron chi connectivity index (χ4n) is 4.96. The Bertz CT molecular complexity index is 593. The van der Waals surface area contributed by atoms with Crippen LogP contribution >= 0.6 is 0 Å². The predicted molar refractivity (Wildman–Crippen MR) is 106 cm³/mol. The van der Waals surface area contributed by atoms with Crippen LogP contribution in [-0.4, -0.2) is 79.2 Å². The minimum absolute atomic E-state index is 0.433. The summed E-state index contributed by atoms with van der Waals surface area (Å²) in [6, 6.07) is 0. The summed E-state index contributed by atoms with van der Waals surface area (Å²) in [7, 11) is 3.80. The monoisotopic (exact) mass is 376 g/mol. The van der Waals surface area contributed by atoms with Gasteiger partial charge in [-0.1, -0.05) is 0 Å². The average Bonchev–Trinajstić information content (AvgIpc) is 3.31. The molecule has 3 aliphatic rings. The highest BCUT2D eigenvalue weighted by atomic mass is 16.5.